The number of piperidine rings is 1. The number of esters is 1. The summed E-state index contributed by atoms with van der Waals surface area (Å²) in [5, 5.41) is 6.97. The number of rotatable bonds is 11. The van der Waals surface area contributed by atoms with Crippen LogP contribution in [0.3, 0.4) is 0 Å². The van der Waals surface area contributed by atoms with Gasteiger partial charge in [0.2, 0.25) is 0 Å². The average molecular weight is 713 g/mol. The highest BCUT2D eigenvalue weighted by Crippen LogP contribution is 2.74. The van der Waals surface area contributed by atoms with Crippen LogP contribution in [0.25, 0.3) is 0 Å². The molecule has 9 nitrogen and oxygen atoms in total. The molecular weight excluding hydrogens is 649 g/mol. The van der Waals surface area contributed by atoms with E-state index in [9.17, 15) is 9.59 Å². The van der Waals surface area contributed by atoms with Crippen LogP contribution in [0.15, 0.2) is 12.1 Å². The highest BCUT2D eigenvalue weighted by atomic mass is 16.6. The van der Waals surface area contributed by atoms with E-state index < -0.39 is 11.5 Å². The van der Waals surface area contributed by atoms with Crippen LogP contribution in [0.5, 0.6) is 0 Å². The Kier molecular flexibility index (Phi) is 9.68. The number of carbonyl (C=O) groups is 2. The maximum absolute atomic E-state index is 13.8. The van der Waals surface area contributed by atoms with Gasteiger partial charge in [0.1, 0.15) is 34.7 Å². The minimum absolute atomic E-state index is 0.164. The number of ketones is 1. The van der Waals surface area contributed by atoms with Gasteiger partial charge in [0.25, 0.3) is 0 Å². The Bertz CT molecular complexity index is 1640. The predicted octanol–water partition coefficient (Wildman–Crippen LogP) is 8.73. The fourth-order valence-electron chi connectivity index (χ4n) is 12.5. The normalized spacial score (nSPS) is 30.4. The molecule has 9 heteroatoms. The van der Waals surface area contributed by atoms with Gasteiger partial charge in [0, 0.05) is 56.2 Å². The molecule has 5 fully saturated rings. The van der Waals surface area contributed by atoms with Gasteiger partial charge in [0.05, 0.1) is 5.92 Å². The molecule has 2 N–H and O–H groups in total. The summed E-state index contributed by atoms with van der Waals surface area (Å²) >= 11 is 0. The molecule has 284 valence electrons. The zero-order valence-corrected chi connectivity index (χ0v) is 33.3. The Labute approximate surface area is 312 Å². The van der Waals surface area contributed by atoms with Crippen molar-refractivity contribution in [2.24, 2.45) is 27.6 Å². The largest absolute Gasteiger partial charge is 0.460 e. The lowest BCUT2D eigenvalue weighted by molar-refractivity contribution is -0.186. The molecule has 2 aromatic rings. The fourth-order valence-corrected chi connectivity index (χ4v) is 12.5. The number of aromatic nitrogens is 3. The lowest BCUT2D eigenvalue weighted by Gasteiger charge is -2.69. The average Bonchev–Trinajstić information content (AvgIpc) is 3.04. The smallest absolute Gasteiger partial charge is 0.311 e. The standard InChI is InChI=1S/C43H64N6O3/c1-28-35(46-29(2)47-37(28)49-18-14-30(15-19-49)34-12-11-31-10-9-17-44-36(31)48-34)45-21-32(38(51)52-39(3,4)5)20-33(50)13-16-43-25-40(6)22-41(7,26-43)24-42(8,23-40)27-43/h11-12,30,32H,9-10,13-27H2,1-8H3,(H,44,48)(H,45,46,47)/t32-,40?,41?,42?,43?/m0/s1. The van der Waals surface area contributed by atoms with E-state index in [4.69, 9.17) is 19.7 Å². The molecule has 2 aromatic heterocycles. The van der Waals surface area contributed by atoms with E-state index in [2.05, 4.69) is 55.4 Å². The van der Waals surface area contributed by atoms with Gasteiger partial charge >= 0.3 is 5.97 Å². The second-order valence-corrected chi connectivity index (χ2v) is 20.0. The number of hydrogen-bond acceptors (Lipinski definition) is 9. The van der Waals surface area contributed by atoms with E-state index in [1.165, 1.54) is 56.2 Å². The summed E-state index contributed by atoms with van der Waals surface area (Å²) < 4.78 is 5.88. The number of ether oxygens (including phenoxy) is 1. The van der Waals surface area contributed by atoms with Crippen LogP contribution in [0.4, 0.5) is 17.5 Å². The van der Waals surface area contributed by atoms with Gasteiger partial charge in [-0.3, -0.25) is 9.59 Å². The van der Waals surface area contributed by atoms with Crippen LogP contribution < -0.4 is 15.5 Å². The first-order valence-corrected chi connectivity index (χ1v) is 20.2. The van der Waals surface area contributed by atoms with E-state index in [0.29, 0.717) is 34.4 Å². The minimum Gasteiger partial charge on any atom is -0.460 e. The van der Waals surface area contributed by atoms with Crippen LogP contribution in [-0.4, -0.2) is 58.5 Å². The number of hydrogen-bond donors (Lipinski definition) is 2. The number of fused-ring (bicyclic) bond motifs is 1. The Morgan fingerprint density at radius 2 is 1.62 bits per heavy atom. The third-order valence-corrected chi connectivity index (χ3v) is 13.0. The lowest BCUT2D eigenvalue weighted by atomic mass is 9.36. The predicted molar refractivity (Wildman–Crippen MR) is 208 cm³/mol. The zero-order valence-electron chi connectivity index (χ0n) is 33.3. The molecule has 0 spiro atoms. The Balaban J connectivity index is 0.999. The molecule has 0 unspecified atom stereocenters. The highest BCUT2D eigenvalue weighted by Gasteiger charge is 2.63. The van der Waals surface area contributed by atoms with Gasteiger partial charge in [0.15, 0.2) is 0 Å². The Morgan fingerprint density at radius 1 is 0.962 bits per heavy atom. The van der Waals surface area contributed by atoms with Crippen LogP contribution in [0, 0.1) is 41.4 Å². The summed E-state index contributed by atoms with van der Waals surface area (Å²) in [6.07, 6.45) is 13.6. The second kappa shape index (κ2) is 13.6. The van der Waals surface area contributed by atoms with Gasteiger partial charge in [-0.25, -0.2) is 15.0 Å². The van der Waals surface area contributed by atoms with E-state index >= 15 is 0 Å². The third kappa shape index (κ3) is 7.99. The van der Waals surface area contributed by atoms with E-state index in [1.807, 2.05) is 27.7 Å². The van der Waals surface area contributed by atoms with Crippen LogP contribution >= 0.6 is 0 Å². The minimum atomic E-state index is -0.635. The number of nitrogens with one attached hydrogen (secondary N) is 2. The van der Waals surface area contributed by atoms with E-state index in [1.54, 1.807) is 0 Å². The topological polar surface area (TPSA) is 109 Å². The summed E-state index contributed by atoms with van der Waals surface area (Å²) in [7, 11) is 0. The number of Topliss-reactive ketones (excluding diaryl/α,β-unsaturated/α-hetero) is 1. The maximum atomic E-state index is 13.8. The molecule has 8 rings (SSSR count). The molecule has 6 aliphatic rings. The quantitative estimate of drug-likeness (QED) is 0.221. The molecule has 4 bridgehead atoms. The second-order valence-electron chi connectivity index (χ2n) is 20.0. The third-order valence-electron chi connectivity index (χ3n) is 13.0. The summed E-state index contributed by atoms with van der Waals surface area (Å²) in [6.45, 7) is 20.2. The van der Waals surface area contributed by atoms with Crippen molar-refractivity contribution in [1.29, 1.82) is 0 Å². The SMILES string of the molecule is Cc1nc(NC[C@H](CC(=O)CCC23CC4(C)CC(C)(CC(C)(C4)C2)C3)C(=O)OC(C)(C)C)c(C)c(N2CCC(c3ccc4c(n3)NCCC4)CC2)n1. The number of pyridine rings is 1. The van der Waals surface area contributed by atoms with Crippen molar-refractivity contribution in [1.82, 2.24) is 15.0 Å². The molecule has 0 radical (unpaired) electrons. The van der Waals surface area contributed by atoms with Gasteiger partial charge in [-0.15, -0.1) is 0 Å². The van der Waals surface area contributed by atoms with Crippen LogP contribution in [-0.2, 0) is 20.7 Å². The first kappa shape index (κ1) is 37.1. The van der Waals surface area contributed by atoms with Crippen molar-refractivity contribution in [3.05, 3.63) is 34.8 Å². The number of carbonyl (C=O) groups excluding carboxylic acids is 2. The molecule has 2 aliphatic heterocycles. The van der Waals surface area contributed by atoms with Crippen molar-refractivity contribution in [3.63, 3.8) is 0 Å². The van der Waals surface area contributed by atoms with Crippen LogP contribution in [0.1, 0.15) is 147 Å². The van der Waals surface area contributed by atoms with E-state index in [0.717, 1.165) is 68.3 Å². The number of anilines is 3. The summed E-state index contributed by atoms with van der Waals surface area (Å²) in [5.41, 5.74) is 4.26. The molecule has 4 heterocycles. The molecular formula is C43H64N6O3. The molecule has 52 heavy (non-hydrogen) atoms. The van der Waals surface area contributed by atoms with Gasteiger partial charge < -0.3 is 20.3 Å². The van der Waals surface area contributed by atoms with Gasteiger partial charge in [-0.05, 0) is 139 Å². The highest BCUT2D eigenvalue weighted by molar-refractivity contribution is 5.85. The van der Waals surface area contributed by atoms with E-state index in [-0.39, 0.29) is 30.1 Å². The zero-order chi connectivity index (χ0) is 37.1. The fraction of sp³-hybridized carbons (Fsp3) is 0.744. The van der Waals surface area contributed by atoms with Crippen LogP contribution in [0.2, 0.25) is 0 Å². The molecule has 1 atom stereocenters. The maximum Gasteiger partial charge on any atom is 0.311 e. The summed E-state index contributed by atoms with van der Waals surface area (Å²) in [5.74, 6) is 3.07. The number of nitrogens with zero attached hydrogens (tertiary/aromatic N) is 4. The Hall–Kier alpha value is -3.23. The summed E-state index contributed by atoms with van der Waals surface area (Å²) in [6, 6.07) is 4.48. The first-order chi connectivity index (χ1) is 24.4. The monoisotopic (exact) mass is 713 g/mol. The summed E-state index contributed by atoms with van der Waals surface area (Å²) in [4.78, 5) is 44.4. The van der Waals surface area contributed by atoms with Crippen molar-refractivity contribution in [2.45, 2.75) is 150 Å². The molecule has 1 saturated heterocycles. The first-order valence-electron chi connectivity index (χ1n) is 20.2. The number of aryl methyl sites for hydroxylation is 2. The van der Waals surface area contributed by atoms with Gasteiger partial charge in [-0.1, -0.05) is 26.8 Å². The lowest BCUT2D eigenvalue weighted by Crippen LogP contribution is -2.58. The Morgan fingerprint density at radius 3 is 2.25 bits per heavy atom. The van der Waals surface area contributed by atoms with Crippen molar-refractivity contribution in [2.75, 3.05) is 41.7 Å². The molecule has 4 aliphatic carbocycles. The van der Waals surface area contributed by atoms with Crippen molar-refractivity contribution >= 4 is 29.2 Å². The molecule has 0 aromatic carbocycles. The van der Waals surface area contributed by atoms with Gasteiger partial charge in [-0.2, -0.15) is 0 Å². The van der Waals surface area contributed by atoms with Crippen molar-refractivity contribution < 1.29 is 14.3 Å². The van der Waals surface area contributed by atoms with Crippen molar-refractivity contribution in [3.8, 4) is 0 Å². The molecule has 0 amide bonds. The molecule has 4 saturated carbocycles.